The summed E-state index contributed by atoms with van der Waals surface area (Å²) in [5.74, 6) is 0.310. The first-order chi connectivity index (χ1) is 9.15. The summed E-state index contributed by atoms with van der Waals surface area (Å²) in [5.41, 5.74) is 2.40. The lowest BCUT2D eigenvalue weighted by molar-refractivity contribution is -0.137. The van der Waals surface area contributed by atoms with Gasteiger partial charge < -0.3 is 9.67 Å². The first-order valence-electron chi connectivity index (χ1n) is 6.41. The molecule has 0 saturated heterocycles. The van der Waals surface area contributed by atoms with Crippen LogP contribution in [0, 0.1) is 0 Å². The van der Waals surface area contributed by atoms with Gasteiger partial charge in [0, 0.05) is 32.3 Å². The highest BCUT2D eigenvalue weighted by atomic mass is 16.4. The van der Waals surface area contributed by atoms with Crippen LogP contribution < -0.4 is 0 Å². The molecule has 0 amide bonds. The molecule has 0 atom stereocenters. The molecule has 0 aliphatic rings. The number of imidazole rings is 1. The van der Waals surface area contributed by atoms with Crippen LogP contribution in [-0.4, -0.2) is 20.6 Å². The van der Waals surface area contributed by atoms with Gasteiger partial charge in [-0.3, -0.25) is 4.79 Å². The number of nitrogens with zero attached hydrogens (tertiary/aromatic N) is 2. The average molecular weight is 258 g/mol. The molecule has 2 aromatic rings. The van der Waals surface area contributed by atoms with Crippen molar-refractivity contribution in [2.75, 3.05) is 0 Å². The molecule has 1 aromatic carbocycles. The molecule has 0 bridgehead atoms. The Balaban J connectivity index is 1.91. The lowest BCUT2D eigenvalue weighted by Gasteiger charge is -2.04. The van der Waals surface area contributed by atoms with E-state index in [2.05, 4.69) is 29.2 Å². The Morgan fingerprint density at radius 3 is 2.53 bits per heavy atom. The first kappa shape index (κ1) is 13.3. The average Bonchev–Trinajstić information content (AvgIpc) is 2.77. The zero-order chi connectivity index (χ0) is 13.7. The number of aryl methyl sites for hydroxylation is 2. The molecule has 1 aromatic heterocycles. The molecule has 2 rings (SSSR count). The third-order valence-corrected chi connectivity index (χ3v) is 3.16. The number of carbonyl (C=O) groups is 1. The molecular weight excluding hydrogens is 240 g/mol. The zero-order valence-electron chi connectivity index (χ0n) is 11.0. The largest absolute Gasteiger partial charge is 0.481 e. The number of carboxylic acid groups (broad SMARTS) is 1. The number of hydrogen-bond donors (Lipinski definition) is 1. The SMILES string of the molecule is Cn1ccnc1Cc1ccc(CCCC(=O)O)cc1. The molecule has 0 unspecified atom stereocenters. The van der Waals surface area contributed by atoms with Crippen molar-refractivity contribution in [3.05, 3.63) is 53.6 Å². The molecule has 0 saturated carbocycles. The van der Waals surface area contributed by atoms with E-state index in [0.29, 0.717) is 6.42 Å². The lowest BCUT2D eigenvalue weighted by Crippen LogP contribution is -1.99. The number of aliphatic carboxylic acids is 1. The lowest BCUT2D eigenvalue weighted by atomic mass is 10.0. The van der Waals surface area contributed by atoms with Crippen molar-refractivity contribution >= 4 is 5.97 Å². The Hall–Kier alpha value is -2.10. The van der Waals surface area contributed by atoms with Gasteiger partial charge in [0.2, 0.25) is 0 Å². The number of aromatic nitrogens is 2. The molecule has 4 nitrogen and oxygen atoms in total. The van der Waals surface area contributed by atoms with Crippen LogP contribution in [0.1, 0.15) is 29.8 Å². The number of carboxylic acids is 1. The number of rotatable bonds is 6. The molecule has 4 heteroatoms. The van der Waals surface area contributed by atoms with Crippen LogP contribution in [0.15, 0.2) is 36.7 Å². The van der Waals surface area contributed by atoms with E-state index in [4.69, 9.17) is 5.11 Å². The van der Waals surface area contributed by atoms with Crippen molar-refractivity contribution in [2.45, 2.75) is 25.7 Å². The highest BCUT2D eigenvalue weighted by Crippen LogP contribution is 2.11. The fourth-order valence-corrected chi connectivity index (χ4v) is 2.02. The van der Waals surface area contributed by atoms with Gasteiger partial charge in [-0.2, -0.15) is 0 Å². The summed E-state index contributed by atoms with van der Waals surface area (Å²) in [7, 11) is 1.99. The topological polar surface area (TPSA) is 55.1 Å². The summed E-state index contributed by atoms with van der Waals surface area (Å²) in [4.78, 5) is 14.7. The fraction of sp³-hybridized carbons (Fsp3) is 0.333. The second-order valence-electron chi connectivity index (χ2n) is 4.69. The summed E-state index contributed by atoms with van der Waals surface area (Å²) in [5, 5.41) is 8.60. The van der Waals surface area contributed by atoms with Crippen molar-refractivity contribution in [2.24, 2.45) is 7.05 Å². The van der Waals surface area contributed by atoms with Gasteiger partial charge in [0.05, 0.1) is 0 Å². The van der Waals surface area contributed by atoms with Gasteiger partial charge in [0.25, 0.3) is 0 Å². The Morgan fingerprint density at radius 1 is 1.26 bits per heavy atom. The minimum Gasteiger partial charge on any atom is -0.481 e. The summed E-state index contributed by atoms with van der Waals surface area (Å²) in [6, 6.07) is 8.32. The van der Waals surface area contributed by atoms with Crippen LogP contribution in [-0.2, 0) is 24.7 Å². The second-order valence-corrected chi connectivity index (χ2v) is 4.69. The third-order valence-electron chi connectivity index (χ3n) is 3.16. The first-order valence-corrected chi connectivity index (χ1v) is 6.41. The zero-order valence-corrected chi connectivity index (χ0v) is 11.0. The van der Waals surface area contributed by atoms with E-state index in [0.717, 1.165) is 18.7 Å². The molecule has 0 spiro atoms. The van der Waals surface area contributed by atoms with Crippen molar-refractivity contribution in [1.29, 1.82) is 0 Å². The molecule has 0 fully saturated rings. The van der Waals surface area contributed by atoms with E-state index in [1.165, 1.54) is 11.1 Å². The van der Waals surface area contributed by atoms with E-state index >= 15 is 0 Å². The minimum absolute atomic E-state index is 0.231. The predicted molar refractivity (Wildman–Crippen MR) is 73.0 cm³/mol. The van der Waals surface area contributed by atoms with Crippen LogP contribution in [0.2, 0.25) is 0 Å². The van der Waals surface area contributed by atoms with Crippen molar-refractivity contribution < 1.29 is 9.90 Å². The third kappa shape index (κ3) is 3.95. The van der Waals surface area contributed by atoms with E-state index in [9.17, 15) is 4.79 Å². The molecule has 0 aliphatic carbocycles. The molecule has 1 N–H and O–H groups in total. The standard InChI is InChI=1S/C15H18N2O2/c1-17-10-9-16-14(17)11-13-7-5-12(6-8-13)3-2-4-15(18)19/h5-10H,2-4,11H2,1H3,(H,18,19). The van der Waals surface area contributed by atoms with Crippen LogP contribution in [0.5, 0.6) is 0 Å². The Kier molecular flexibility index (Phi) is 4.34. The Labute approximate surface area is 112 Å². The molecule has 0 radical (unpaired) electrons. The van der Waals surface area contributed by atoms with Gasteiger partial charge in [0.15, 0.2) is 0 Å². The van der Waals surface area contributed by atoms with Crippen LogP contribution >= 0.6 is 0 Å². The normalized spacial score (nSPS) is 10.6. The van der Waals surface area contributed by atoms with Crippen molar-refractivity contribution in [3.8, 4) is 0 Å². The van der Waals surface area contributed by atoms with Gasteiger partial charge in [-0.25, -0.2) is 4.98 Å². The van der Waals surface area contributed by atoms with Crippen LogP contribution in [0.4, 0.5) is 0 Å². The van der Waals surface area contributed by atoms with Gasteiger partial charge in [-0.05, 0) is 24.0 Å². The van der Waals surface area contributed by atoms with E-state index in [1.54, 1.807) is 6.20 Å². The summed E-state index contributed by atoms with van der Waals surface area (Å²) in [6.45, 7) is 0. The quantitative estimate of drug-likeness (QED) is 0.865. The van der Waals surface area contributed by atoms with Crippen LogP contribution in [0.25, 0.3) is 0 Å². The van der Waals surface area contributed by atoms with Crippen LogP contribution in [0.3, 0.4) is 0 Å². The molecule has 100 valence electrons. The van der Waals surface area contributed by atoms with Gasteiger partial charge >= 0.3 is 5.97 Å². The monoisotopic (exact) mass is 258 g/mol. The second kappa shape index (κ2) is 6.18. The van der Waals surface area contributed by atoms with Gasteiger partial charge in [-0.15, -0.1) is 0 Å². The maximum Gasteiger partial charge on any atom is 0.303 e. The number of hydrogen-bond acceptors (Lipinski definition) is 2. The fourth-order valence-electron chi connectivity index (χ4n) is 2.02. The smallest absolute Gasteiger partial charge is 0.303 e. The predicted octanol–water partition coefficient (Wildman–Crippen LogP) is 2.42. The molecule has 0 aliphatic heterocycles. The molecule has 1 heterocycles. The maximum absolute atomic E-state index is 10.4. The van der Waals surface area contributed by atoms with Crippen molar-refractivity contribution in [1.82, 2.24) is 9.55 Å². The molecular formula is C15H18N2O2. The van der Waals surface area contributed by atoms with E-state index < -0.39 is 5.97 Å². The van der Waals surface area contributed by atoms with Gasteiger partial charge in [-0.1, -0.05) is 24.3 Å². The highest BCUT2D eigenvalue weighted by molar-refractivity contribution is 5.66. The Bertz CT molecular complexity index is 544. The Morgan fingerprint density at radius 2 is 1.95 bits per heavy atom. The highest BCUT2D eigenvalue weighted by Gasteiger charge is 2.02. The summed E-state index contributed by atoms with van der Waals surface area (Å²) < 4.78 is 2.01. The summed E-state index contributed by atoms with van der Waals surface area (Å²) in [6.07, 6.45) is 6.29. The van der Waals surface area contributed by atoms with Crippen molar-refractivity contribution in [3.63, 3.8) is 0 Å². The molecule has 19 heavy (non-hydrogen) atoms. The van der Waals surface area contributed by atoms with Gasteiger partial charge in [0.1, 0.15) is 5.82 Å². The summed E-state index contributed by atoms with van der Waals surface area (Å²) >= 11 is 0. The van der Waals surface area contributed by atoms with E-state index in [1.807, 2.05) is 17.8 Å². The van der Waals surface area contributed by atoms with E-state index in [-0.39, 0.29) is 6.42 Å². The number of benzene rings is 1. The minimum atomic E-state index is -0.730. The maximum atomic E-state index is 10.4.